The zero-order valence-electron chi connectivity index (χ0n) is 16.5. The third-order valence-electron chi connectivity index (χ3n) is 6.55. The van der Waals surface area contributed by atoms with Gasteiger partial charge >= 0.3 is 6.03 Å². The number of urea groups is 1. The highest BCUT2D eigenvalue weighted by molar-refractivity contribution is 6.08. The van der Waals surface area contributed by atoms with Gasteiger partial charge in [0.05, 0.1) is 6.54 Å². The van der Waals surface area contributed by atoms with E-state index in [-0.39, 0.29) is 24.4 Å². The third kappa shape index (κ3) is 3.28. The minimum Gasteiger partial charge on any atom is -0.322 e. The molecule has 1 atom stereocenters. The van der Waals surface area contributed by atoms with E-state index in [4.69, 9.17) is 0 Å². The molecule has 0 radical (unpaired) electrons. The summed E-state index contributed by atoms with van der Waals surface area (Å²) in [5.41, 5.74) is 4.27. The summed E-state index contributed by atoms with van der Waals surface area (Å²) in [6, 6.07) is 7.93. The lowest BCUT2D eigenvalue weighted by atomic mass is 9.77. The summed E-state index contributed by atoms with van der Waals surface area (Å²) in [5, 5.41) is 3.71. The average molecular weight is 384 g/mol. The van der Waals surface area contributed by atoms with Crippen LogP contribution in [0.5, 0.6) is 0 Å². The first-order chi connectivity index (χ1) is 13.4. The lowest BCUT2D eigenvalue weighted by Gasteiger charge is -2.33. The second kappa shape index (κ2) is 7.20. The fourth-order valence-corrected chi connectivity index (χ4v) is 4.80. The van der Waals surface area contributed by atoms with Gasteiger partial charge in [-0.1, -0.05) is 31.2 Å². The first-order valence-electron chi connectivity index (χ1n) is 10.1. The maximum absolute atomic E-state index is 12.9. The van der Waals surface area contributed by atoms with Crippen molar-refractivity contribution in [3.8, 4) is 0 Å². The van der Waals surface area contributed by atoms with Crippen LogP contribution in [0.1, 0.15) is 56.2 Å². The number of carbonyl (C=O) groups excluding carboxylic acids is 3. The Bertz CT molecular complexity index is 801. The normalized spacial score (nSPS) is 29.3. The molecule has 1 spiro atoms. The van der Waals surface area contributed by atoms with Gasteiger partial charge in [0.25, 0.3) is 11.8 Å². The largest absolute Gasteiger partial charge is 0.344 e. The van der Waals surface area contributed by atoms with Gasteiger partial charge < -0.3 is 5.32 Å². The van der Waals surface area contributed by atoms with E-state index in [2.05, 4.69) is 29.8 Å². The molecule has 1 saturated carbocycles. The first kappa shape index (κ1) is 18.9. The minimum atomic E-state index is -0.840. The van der Waals surface area contributed by atoms with Crippen LogP contribution in [0.15, 0.2) is 24.3 Å². The van der Waals surface area contributed by atoms with Gasteiger partial charge in [0.15, 0.2) is 0 Å². The highest BCUT2D eigenvalue weighted by Crippen LogP contribution is 2.36. The van der Waals surface area contributed by atoms with Crippen molar-refractivity contribution in [1.82, 2.24) is 20.7 Å². The summed E-state index contributed by atoms with van der Waals surface area (Å²) < 4.78 is 0. The van der Waals surface area contributed by atoms with Gasteiger partial charge in [-0.15, -0.1) is 0 Å². The molecule has 4 amide bonds. The Labute approximate surface area is 165 Å². The summed E-state index contributed by atoms with van der Waals surface area (Å²) in [4.78, 5) is 39.8. The second-order valence-corrected chi connectivity index (χ2v) is 8.54. The number of hydrogen-bond acceptors (Lipinski definition) is 4. The van der Waals surface area contributed by atoms with E-state index in [0.29, 0.717) is 18.8 Å². The Balaban J connectivity index is 1.37. The molecule has 28 heavy (non-hydrogen) atoms. The van der Waals surface area contributed by atoms with Gasteiger partial charge in [0, 0.05) is 6.04 Å². The van der Waals surface area contributed by atoms with Crippen molar-refractivity contribution in [3.05, 3.63) is 35.4 Å². The topological polar surface area (TPSA) is 81.8 Å². The number of imide groups is 1. The highest BCUT2D eigenvalue weighted by atomic mass is 16.2. The number of rotatable bonds is 4. The molecule has 0 unspecified atom stereocenters. The predicted octanol–water partition coefficient (Wildman–Crippen LogP) is 2.14. The molecular formula is C21H28N4O3. The van der Waals surface area contributed by atoms with E-state index in [0.717, 1.165) is 30.7 Å². The van der Waals surface area contributed by atoms with E-state index in [1.165, 1.54) is 11.1 Å². The molecule has 150 valence electrons. The summed E-state index contributed by atoms with van der Waals surface area (Å²) in [6.45, 7) is 2.28. The van der Waals surface area contributed by atoms with Crippen molar-refractivity contribution in [2.45, 2.75) is 57.0 Å². The van der Waals surface area contributed by atoms with E-state index in [9.17, 15) is 14.4 Å². The molecule has 1 aromatic rings. The number of hydrazine groups is 1. The molecule has 1 heterocycles. The van der Waals surface area contributed by atoms with Crippen molar-refractivity contribution < 1.29 is 14.4 Å². The van der Waals surface area contributed by atoms with Crippen LogP contribution in [0.4, 0.5) is 4.79 Å². The Kier molecular flexibility index (Phi) is 4.87. The number of hydrogen-bond donors (Lipinski definition) is 2. The van der Waals surface area contributed by atoms with Gasteiger partial charge in [-0.3, -0.25) is 19.9 Å². The van der Waals surface area contributed by atoms with Crippen molar-refractivity contribution in [2.75, 3.05) is 13.6 Å². The Morgan fingerprint density at radius 2 is 1.96 bits per heavy atom. The summed E-state index contributed by atoms with van der Waals surface area (Å²) in [7, 11) is 1.90. The second-order valence-electron chi connectivity index (χ2n) is 8.54. The minimum absolute atomic E-state index is 0.125. The number of nitrogens with one attached hydrogen (secondary N) is 2. The Morgan fingerprint density at radius 3 is 2.71 bits per heavy atom. The number of fused-ring (bicyclic) bond motifs is 1. The predicted molar refractivity (Wildman–Crippen MR) is 104 cm³/mol. The molecule has 4 rings (SSSR count). The number of carbonyl (C=O) groups is 3. The standard InChI is InChI=1S/C21H28N4O3/c1-14-9-11-21(12-10-14)19(27)25(20(28)22-21)23-18(26)13-24(2)17-8-7-15-5-3-4-6-16(15)17/h3-6,14,17H,7-13H2,1-2H3,(H,22,28)(H,23,26)/t14?,17-,21?/m0/s1. The van der Waals surface area contributed by atoms with Crippen LogP contribution >= 0.6 is 0 Å². The van der Waals surface area contributed by atoms with Crippen LogP contribution in [0.2, 0.25) is 0 Å². The summed E-state index contributed by atoms with van der Waals surface area (Å²) in [5.74, 6) is -0.120. The van der Waals surface area contributed by atoms with Crippen LogP contribution in [0.25, 0.3) is 0 Å². The maximum Gasteiger partial charge on any atom is 0.344 e. The van der Waals surface area contributed by atoms with E-state index >= 15 is 0 Å². The lowest BCUT2D eigenvalue weighted by Crippen LogP contribution is -2.52. The zero-order chi connectivity index (χ0) is 19.9. The van der Waals surface area contributed by atoms with Gasteiger partial charge in [0.2, 0.25) is 0 Å². The number of nitrogens with zero attached hydrogens (tertiary/aromatic N) is 2. The van der Waals surface area contributed by atoms with Crippen LogP contribution in [0, 0.1) is 5.92 Å². The average Bonchev–Trinajstić information content (AvgIpc) is 3.20. The van der Waals surface area contributed by atoms with Gasteiger partial charge in [-0.2, -0.15) is 5.01 Å². The number of likely N-dealkylation sites (N-methyl/N-ethyl adjacent to an activating group) is 1. The van der Waals surface area contributed by atoms with Gasteiger partial charge in [-0.25, -0.2) is 4.79 Å². The fraction of sp³-hybridized carbons (Fsp3) is 0.571. The fourth-order valence-electron chi connectivity index (χ4n) is 4.80. The SMILES string of the molecule is CC1CCC2(CC1)NC(=O)N(NC(=O)CN(C)[C@H]1CCc3ccccc31)C2=O. The van der Waals surface area contributed by atoms with Crippen LogP contribution in [0.3, 0.4) is 0 Å². The number of benzene rings is 1. The lowest BCUT2D eigenvalue weighted by molar-refractivity contribution is -0.140. The molecule has 1 aliphatic heterocycles. The monoisotopic (exact) mass is 384 g/mol. The first-order valence-corrected chi connectivity index (χ1v) is 10.1. The van der Waals surface area contributed by atoms with E-state index < -0.39 is 11.6 Å². The summed E-state index contributed by atoms with van der Waals surface area (Å²) >= 11 is 0. The van der Waals surface area contributed by atoms with Crippen LogP contribution < -0.4 is 10.7 Å². The van der Waals surface area contributed by atoms with Gasteiger partial charge in [-0.05, 0) is 62.6 Å². The molecule has 1 aromatic carbocycles. The molecule has 7 nitrogen and oxygen atoms in total. The quantitative estimate of drug-likeness (QED) is 0.780. The number of amides is 4. The molecule has 1 saturated heterocycles. The summed E-state index contributed by atoms with van der Waals surface area (Å²) in [6.07, 6.45) is 5.03. The Hall–Kier alpha value is -2.41. The molecular weight excluding hydrogens is 356 g/mol. The molecule has 0 aromatic heterocycles. The van der Waals surface area contributed by atoms with Crippen LogP contribution in [-0.2, 0) is 16.0 Å². The van der Waals surface area contributed by atoms with Crippen molar-refractivity contribution in [3.63, 3.8) is 0 Å². The van der Waals surface area contributed by atoms with Gasteiger partial charge in [0.1, 0.15) is 5.54 Å². The molecule has 3 aliphatic rings. The Morgan fingerprint density at radius 1 is 1.25 bits per heavy atom. The smallest absolute Gasteiger partial charge is 0.322 e. The van der Waals surface area contributed by atoms with Crippen molar-refractivity contribution in [2.24, 2.45) is 5.92 Å². The van der Waals surface area contributed by atoms with E-state index in [1.54, 1.807) is 0 Å². The molecule has 0 bridgehead atoms. The molecule has 2 N–H and O–H groups in total. The van der Waals surface area contributed by atoms with E-state index in [1.807, 2.05) is 24.1 Å². The molecule has 2 aliphatic carbocycles. The molecule has 2 fully saturated rings. The van der Waals surface area contributed by atoms with Crippen molar-refractivity contribution in [1.29, 1.82) is 0 Å². The number of aryl methyl sites for hydroxylation is 1. The van der Waals surface area contributed by atoms with Crippen LogP contribution in [-0.4, -0.2) is 46.9 Å². The highest BCUT2D eigenvalue weighted by Gasteiger charge is 2.52. The third-order valence-corrected chi connectivity index (χ3v) is 6.55. The molecule has 7 heteroatoms. The maximum atomic E-state index is 12.9. The van der Waals surface area contributed by atoms with Crippen molar-refractivity contribution >= 4 is 17.8 Å². The zero-order valence-corrected chi connectivity index (χ0v) is 16.5.